The van der Waals surface area contributed by atoms with E-state index in [9.17, 15) is 22.8 Å². The van der Waals surface area contributed by atoms with E-state index in [1.165, 1.54) is 13.8 Å². The van der Waals surface area contributed by atoms with Crippen LogP contribution < -0.4 is 0 Å². The number of halogens is 3. The minimum Gasteiger partial charge on any atom is -0.462 e. The van der Waals surface area contributed by atoms with Gasteiger partial charge in [-0.3, -0.25) is 0 Å². The lowest BCUT2D eigenvalue weighted by molar-refractivity contribution is -0.177. The normalized spacial score (nSPS) is 13.7. The van der Waals surface area contributed by atoms with E-state index in [-0.39, 0.29) is 19.6 Å². The minimum absolute atomic E-state index is 0.0754. The summed E-state index contributed by atoms with van der Waals surface area (Å²) in [5.41, 5.74) is 0. The molecule has 0 saturated heterocycles. The van der Waals surface area contributed by atoms with Gasteiger partial charge >= 0.3 is 17.9 Å². The second-order valence-corrected chi connectivity index (χ2v) is 4.33. The molecule has 122 valence electrons. The molecule has 21 heavy (non-hydrogen) atoms. The number of hydrogen-bond donors (Lipinski definition) is 0. The van der Waals surface area contributed by atoms with Gasteiger partial charge in [-0.25, -0.2) is 9.59 Å². The van der Waals surface area contributed by atoms with E-state index in [1.807, 2.05) is 0 Å². The van der Waals surface area contributed by atoms with Gasteiger partial charge in [0.15, 0.2) is 0 Å². The molecular formula is C14H21F3O4. The number of carbonyl (C=O) groups excluding carboxylic acids is 2. The molecule has 0 aromatic heterocycles. The van der Waals surface area contributed by atoms with Crippen molar-refractivity contribution in [1.29, 1.82) is 0 Å². The van der Waals surface area contributed by atoms with Crippen LogP contribution in [0.5, 0.6) is 0 Å². The number of unbranched alkanes of at least 4 members (excludes halogenated alkanes) is 1. The van der Waals surface area contributed by atoms with Gasteiger partial charge in [-0.15, -0.1) is 0 Å². The molecular weight excluding hydrogens is 289 g/mol. The third-order valence-electron chi connectivity index (χ3n) is 2.70. The first-order valence-corrected chi connectivity index (χ1v) is 6.90. The van der Waals surface area contributed by atoms with Crippen LogP contribution in [0.2, 0.25) is 0 Å². The average Bonchev–Trinajstić information content (AvgIpc) is 2.43. The molecule has 0 amide bonds. The van der Waals surface area contributed by atoms with E-state index >= 15 is 0 Å². The largest absolute Gasteiger partial charge is 0.462 e. The third kappa shape index (κ3) is 6.18. The minimum atomic E-state index is -3.89. The molecule has 0 aliphatic heterocycles. The maximum atomic E-state index is 14.0. The van der Waals surface area contributed by atoms with Crippen LogP contribution >= 0.6 is 0 Å². The zero-order valence-corrected chi connectivity index (χ0v) is 12.5. The van der Waals surface area contributed by atoms with Crippen LogP contribution in [0.15, 0.2) is 11.9 Å². The molecule has 0 rings (SSSR count). The molecule has 0 heterocycles. The predicted molar refractivity (Wildman–Crippen MR) is 70.4 cm³/mol. The van der Waals surface area contributed by atoms with E-state index in [0.717, 1.165) is 0 Å². The number of alkyl halides is 2. The Labute approximate surface area is 122 Å². The molecule has 0 saturated carbocycles. The molecule has 0 radical (unpaired) electrons. The summed E-state index contributed by atoms with van der Waals surface area (Å²) >= 11 is 0. The zero-order valence-electron chi connectivity index (χ0n) is 12.5. The fourth-order valence-electron chi connectivity index (χ4n) is 1.62. The standard InChI is InChI=1S/C14H21F3O4/c1-4-7-8-10(9-11(15)12(18)20-5-2)14(16,17)13(19)21-6-3/h9-10H,4-8H2,1-3H3/b11-9-. The number of esters is 2. The summed E-state index contributed by atoms with van der Waals surface area (Å²) in [7, 11) is 0. The van der Waals surface area contributed by atoms with E-state index in [4.69, 9.17) is 0 Å². The van der Waals surface area contributed by atoms with E-state index in [0.29, 0.717) is 18.9 Å². The number of allylic oxidation sites excluding steroid dienone is 1. The summed E-state index contributed by atoms with van der Waals surface area (Å²) in [4.78, 5) is 22.5. The fourth-order valence-corrected chi connectivity index (χ4v) is 1.62. The first kappa shape index (κ1) is 19.5. The van der Waals surface area contributed by atoms with Crippen molar-refractivity contribution in [2.75, 3.05) is 13.2 Å². The Kier molecular flexibility index (Phi) is 8.73. The smallest absolute Gasteiger partial charge is 0.377 e. The number of hydrogen-bond acceptors (Lipinski definition) is 4. The van der Waals surface area contributed by atoms with Crippen LogP contribution in [0.1, 0.15) is 40.0 Å². The van der Waals surface area contributed by atoms with Crippen molar-refractivity contribution in [2.45, 2.75) is 46.0 Å². The Morgan fingerprint density at radius 2 is 1.71 bits per heavy atom. The molecule has 0 aromatic rings. The maximum Gasteiger partial charge on any atom is 0.377 e. The lowest BCUT2D eigenvalue weighted by Crippen LogP contribution is -2.38. The summed E-state index contributed by atoms with van der Waals surface area (Å²) in [6, 6.07) is 0. The van der Waals surface area contributed by atoms with Crippen molar-refractivity contribution >= 4 is 11.9 Å². The van der Waals surface area contributed by atoms with E-state index in [1.54, 1.807) is 6.92 Å². The van der Waals surface area contributed by atoms with Gasteiger partial charge in [0.25, 0.3) is 0 Å². The second kappa shape index (κ2) is 9.41. The van der Waals surface area contributed by atoms with Crippen molar-refractivity contribution in [3.63, 3.8) is 0 Å². The lowest BCUT2D eigenvalue weighted by Gasteiger charge is -2.22. The van der Waals surface area contributed by atoms with E-state index < -0.39 is 29.6 Å². The van der Waals surface area contributed by atoms with Crippen molar-refractivity contribution in [2.24, 2.45) is 5.92 Å². The number of rotatable bonds is 9. The highest BCUT2D eigenvalue weighted by molar-refractivity contribution is 5.86. The Bertz CT molecular complexity index is 380. The molecule has 0 fully saturated rings. The van der Waals surface area contributed by atoms with Crippen molar-refractivity contribution < 1.29 is 32.2 Å². The van der Waals surface area contributed by atoms with Gasteiger partial charge < -0.3 is 9.47 Å². The highest BCUT2D eigenvalue weighted by Crippen LogP contribution is 2.32. The van der Waals surface area contributed by atoms with Gasteiger partial charge in [0.2, 0.25) is 5.83 Å². The van der Waals surface area contributed by atoms with Crippen LogP contribution in [0, 0.1) is 5.92 Å². The van der Waals surface area contributed by atoms with Gasteiger partial charge in [0.05, 0.1) is 19.1 Å². The van der Waals surface area contributed by atoms with Gasteiger partial charge in [-0.1, -0.05) is 19.8 Å². The summed E-state index contributed by atoms with van der Waals surface area (Å²) in [5.74, 6) is -10.1. The molecule has 0 aromatic carbocycles. The average molecular weight is 310 g/mol. The SMILES string of the molecule is CCCCC(/C=C(\F)C(=O)OCC)C(F)(F)C(=O)OCC. The molecule has 1 atom stereocenters. The van der Waals surface area contributed by atoms with Crippen molar-refractivity contribution in [3.05, 3.63) is 11.9 Å². The monoisotopic (exact) mass is 310 g/mol. The molecule has 0 bridgehead atoms. The van der Waals surface area contributed by atoms with Crippen molar-refractivity contribution in [3.8, 4) is 0 Å². The fraction of sp³-hybridized carbons (Fsp3) is 0.714. The molecule has 1 unspecified atom stereocenters. The van der Waals surface area contributed by atoms with Crippen LogP contribution in [-0.2, 0) is 19.1 Å². The molecule has 4 nitrogen and oxygen atoms in total. The third-order valence-corrected chi connectivity index (χ3v) is 2.70. The Balaban J connectivity index is 5.22. The predicted octanol–water partition coefficient (Wildman–Crippen LogP) is 3.41. The van der Waals surface area contributed by atoms with Crippen LogP contribution in [0.25, 0.3) is 0 Å². The first-order valence-electron chi connectivity index (χ1n) is 6.90. The lowest BCUT2D eigenvalue weighted by atomic mass is 9.94. The highest BCUT2D eigenvalue weighted by Gasteiger charge is 2.47. The van der Waals surface area contributed by atoms with Crippen LogP contribution in [0.4, 0.5) is 13.2 Å². The molecule has 0 spiro atoms. The van der Waals surface area contributed by atoms with Crippen LogP contribution in [0.3, 0.4) is 0 Å². The molecule has 0 aliphatic carbocycles. The van der Waals surface area contributed by atoms with Gasteiger partial charge in [-0.05, 0) is 26.3 Å². The Hall–Kier alpha value is -1.53. The molecule has 7 heteroatoms. The highest BCUT2D eigenvalue weighted by atomic mass is 19.3. The quantitative estimate of drug-likeness (QED) is 0.484. The Morgan fingerprint density at radius 1 is 1.14 bits per heavy atom. The first-order chi connectivity index (χ1) is 9.81. The summed E-state index contributed by atoms with van der Waals surface area (Å²) < 4.78 is 50.2. The summed E-state index contributed by atoms with van der Waals surface area (Å²) in [5, 5.41) is 0. The van der Waals surface area contributed by atoms with Gasteiger partial charge in [0.1, 0.15) is 0 Å². The maximum absolute atomic E-state index is 14.0. The number of ether oxygens (including phenoxy) is 2. The van der Waals surface area contributed by atoms with Crippen molar-refractivity contribution in [1.82, 2.24) is 0 Å². The van der Waals surface area contributed by atoms with Crippen LogP contribution in [-0.4, -0.2) is 31.1 Å². The van der Waals surface area contributed by atoms with E-state index in [2.05, 4.69) is 9.47 Å². The summed E-state index contributed by atoms with van der Waals surface area (Å²) in [6.07, 6.45) is 1.25. The van der Waals surface area contributed by atoms with Gasteiger partial charge in [0, 0.05) is 0 Å². The molecule has 0 N–H and O–H groups in total. The summed E-state index contributed by atoms with van der Waals surface area (Å²) in [6.45, 7) is 4.34. The Morgan fingerprint density at radius 3 is 2.19 bits per heavy atom. The topological polar surface area (TPSA) is 52.6 Å². The van der Waals surface area contributed by atoms with Gasteiger partial charge in [-0.2, -0.15) is 13.2 Å². The molecule has 0 aliphatic rings. The number of carbonyl (C=O) groups is 2. The zero-order chi connectivity index (χ0) is 16.5. The second-order valence-electron chi connectivity index (χ2n) is 4.33.